The van der Waals surface area contributed by atoms with Gasteiger partial charge in [0.2, 0.25) is 13.6 Å². The normalized spacial score (nSPS) is 16.4. The predicted octanol–water partition coefficient (Wildman–Crippen LogP) is 10.0. The Hall–Kier alpha value is -6.05. The van der Waals surface area contributed by atoms with Gasteiger partial charge >= 0.3 is 0 Å². The first-order valence-electron chi connectivity index (χ1n) is 20.9. The zero-order chi connectivity index (χ0) is 42.2. The molecule has 2 saturated carbocycles. The topological polar surface area (TPSA) is 152 Å². The van der Waals surface area contributed by atoms with Crippen LogP contribution in [0, 0.1) is 11.3 Å². The highest BCUT2D eigenvalue weighted by molar-refractivity contribution is 5.97. The van der Waals surface area contributed by atoms with Crippen LogP contribution in [-0.4, -0.2) is 35.1 Å². The number of carbonyl (C=O) groups is 2. The number of H-pyrrole nitrogens is 2. The Balaban J connectivity index is 0.000000166. The Morgan fingerprint density at radius 3 is 1.52 bits per heavy atom. The molecule has 4 heterocycles. The van der Waals surface area contributed by atoms with Gasteiger partial charge in [0.1, 0.15) is 17.6 Å². The van der Waals surface area contributed by atoms with Gasteiger partial charge in [0, 0.05) is 52.4 Å². The molecule has 0 unspecified atom stereocenters. The van der Waals surface area contributed by atoms with Gasteiger partial charge in [-0.2, -0.15) is 5.26 Å². The lowest BCUT2D eigenvalue weighted by Crippen LogP contribution is -2.22. The highest BCUT2D eigenvalue weighted by Crippen LogP contribution is 2.53. The minimum atomic E-state index is -0.447. The molecule has 2 aliphatic carbocycles. The van der Waals surface area contributed by atoms with Crippen molar-refractivity contribution in [2.24, 2.45) is 5.73 Å². The van der Waals surface area contributed by atoms with Crippen LogP contribution < -0.4 is 24.7 Å². The molecule has 316 valence electrons. The third-order valence-electron chi connectivity index (χ3n) is 12.8. The summed E-state index contributed by atoms with van der Waals surface area (Å²) >= 11 is 0. The molecule has 10 heteroatoms. The monoisotopic (exact) mass is 820 g/mol. The summed E-state index contributed by atoms with van der Waals surface area (Å²) in [5.74, 6) is 3.38. The molecule has 4 aromatic carbocycles. The molecule has 0 atom stereocenters. The van der Waals surface area contributed by atoms with Crippen molar-refractivity contribution >= 4 is 33.4 Å². The van der Waals surface area contributed by atoms with Crippen LogP contribution in [0.1, 0.15) is 119 Å². The van der Waals surface area contributed by atoms with E-state index in [0.29, 0.717) is 30.7 Å². The number of nitriles is 1. The molecule has 61 heavy (non-hydrogen) atoms. The van der Waals surface area contributed by atoms with Crippen LogP contribution in [0.15, 0.2) is 72.8 Å². The van der Waals surface area contributed by atoms with Gasteiger partial charge in [0.15, 0.2) is 23.0 Å². The van der Waals surface area contributed by atoms with Crippen molar-refractivity contribution in [3.05, 3.63) is 118 Å². The maximum absolute atomic E-state index is 13.4. The number of hydrogen-bond donors (Lipinski definition) is 3. The Kier molecular flexibility index (Phi) is 10.3. The van der Waals surface area contributed by atoms with Crippen molar-refractivity contribution in [2.45, 2.75) is 116 Å². The summed E-state index contributed by atoms with van der Waals surface area (Å²) in [4.78, 5) is 33.7. The number of nitrogens with zero attached hydrogens (tertiary/aromatic N) is 1. The lowest BCUT2D eigenvalue weighted by atomic mass is 9.87. The average Bonchev–Trinajstić information content (AvgIpc) is 3.89. The lowest BCUT2D eigenvalue weighted by molar-refractivity contribution is -0.121. The van der Waals surface area contributed by atoms with E-state index in [1.54, 1.807) is 0 Å². The maximum atomic E-state index is 13.4. The van der Waals surface area contributed by atoms with Crippen molar-refractivity contribution in [1.82, 2.24) is 9.97 Å². The van der Waals surface area contributed by atoms with Crippen LogP contribution in [0.25, 0.3) is 21.8 Å². The van der Waals surface area contributed by atoms with E-state index in [1.165, 1.54) is 5.69 Å². The molecule has 0 saturated heterocycles. The zero-order valence-corrected chi connectivity index (χ0v) is 35.3. The molecular weight excluding hydrogens is 765 g/mol. The second-order valence-corrected chi connectivity index (χ2v) is 19.0. The van der Waals surface area contributed by atoms with Crippen molar-refractivity contribution in [2.75, 3.05) is 13.6 Å². The standard InChI is InChI=1S/C25H28N2O3.C25H24N2O3.CH4/c2*1-24(2,3)21-11-16-8-15(9-17(13-26)23(16)27-21)10-22(28)25(6-7-25)18-4-5-19-20(12-18)30-14-29-19;/h4-5,8-9,11-12,27H,6-7,10,13-14,26H2,1-3H3;4-5,8-9,11-12,27H,6-7,10,14H2,1-3H3;1H4. The number of nitrogens with two attached hydrogens (primary N) is 1. The van der Waals surface area contributed by atoms with Gasteiger partial charge in [0.05, 0.1) is 27.4 Å². The molecule has 0 amide bonds. The van der Waals surface area contributed by atoms with Gasteiger partial charge in [0.25, 0.3) is 0 Å². The van der Waals surface area contributed by atoms with Gasteiger partial charge in [-0.25, -0.2) is 0 Å². The molecule has 2 fully saturated rings. The second kappa shape index (κ2) is 15.1. The van der Waals surface area contributed by atoms with Crippen LogP contribution in [0.2, 0.25) is 0 Å². The molecule has 0 radical (unpaired) electrons. The van der Waals surface area contributed by atoms with Crippen LogP contribution in [0.5, 0.6) is 23.0 Å². The smallest absolute Gasteiger partial charge is 0.231 e. The number of nitrogens with one attached hydrogen (secondary N) is 2. The number of benzene rings is 4. The minimum Gasteiger partial charge on any atom is -0.454 e. The number of rotatable bonds is 9. The Bertz CT molecular complexity index is 2750. The summed E-state index contributed by atoms with van der Waals surface area (Å²) in [7, 11) is 0. The van der Waals surface area contributed by atoms with Gasteiger partial charge in [-0.15, -0.1) is 0 Å². The molecule has 2 aliphatic heterocycles. The fourth-order valence-corrected chi connectivity index (χ4v) is 8.76. The molecule has 4 N–H and O–H groups in total. The van der Waals surface area contributed by atoms with Gasteiger partial charge in [-0.05, 0) is 108 Å². The first-order valence-corrected chi connectivity index (χ1v) is 20.9. The van der Waals surface area contributed by atoms with Gasteiger partial charge in [-0.1, -0.05) is 67.2 Å². The van der Waals surface area contributed by atoms with E-state index in [9.17, 15) is 14.9 Å². The number of hydrogen-bond acceptors (Lipinski definition) is 8. The third-order valence-corrected chi connectivity index (χ3v) is 12.8. The highest BCUT2D eigenvalue weighted by Gasteiger charge is 2.52. The highest BCUT2D eigenvalue weighted by atomic mass is 16.7. The SMILES string of the molecule is C.CC(C)(C)c1cc2cc(CC(=O)C3(c4ccc5c(c4)OCO5)CC3)cc(C#N)c2[nH]1.CC(C)(C)c1cc2cc(CC(=O)C3(c4ccc5c(c4)OCO5)CC3)cc(CN)c2[nH]1. The summed E-state index contributed by atoms with van der Waals surface area (Å²) in [6.07, 6.45) is 4.18. The van der Waals surface area contributed by atoms with E-state index < -0.39 is 10.8 Å². The number of aromatic nitrogens is 2. The van der Waals surface area contributed by atoms with Crippen molar-refractivity contribution in [1.29, 1.82) is 5.26 Å². The molecule has 10 rings (SSSR count). The predicted molar refractivity (Wildman–Crippen MR) is 238 cm³/mol. The van der Waals surface area contributed by atoms with Gasteiger partial charge < -0.3 is 34.6 Å². The molecule has 0 bridgehead atoms. The summed E-state index contributed by atoms with van der Waals surface area (Å²) in [5, 5.41) is 11.8. The van der Waals surface area contributed by atoms with E-state index >= 15 is 0 Å². The average molecular weight is 821 g/mol. The first kappa shape index (κ1) is 41.7. The van der Waals surface area contributed by atoms with Crippen LogP contribution in [0.4, 0.5) is 0 Å². The van der Waals surface area contributed by atoms with Crippen molar-refractivity contribution in [3.63, 3.8) is 0 Å². The van der Waals surface area contributed by atoms with E-state index in [0.717, 1.165) is 98.2 Å². The lowest BCUT2D eigenvalue weighted by Gasteiger charge is -2.16. The summed E-state index contributed by atoms with van der Waals surface area (Å²) in [6.45, 7) is 13.9. The van der Waals surface area contributed by atoms with E-state index in [2.05, 4.69) is 81.8 Å². The Morgan fingerprint density at radius 2 is 1.08 bits per heavy atom. The minimum absolute atomic E-state index is 0. The summed E-state index contributed by atoms with van der Waals surface area (Å²) in [5.41, 5.74) is 14.9. The number of carbonyl (C=O) groups excluding carboxylic acids is 2. The zero-order valence-electron chi connectivity index (χ0n) is 35.3. The Morgan fingerprint density at radius 1 is 0.639 bits per heavy atom. The largest absolute Gasteiger partial charge is 0.454 e. The summed E-state index contributed by atoms with van der Waals surface area (Å²) < 4.78 is 21.8. The molecule has 6 aromatic rings. The Labute approximate surface area is 357 Å². The number of fused-ring (bicyclic) bond motifs is 4. The molecule has 4 aliphatic rings. The second-order valence-electron chi connectivity index (χ2n) is 19.0. The van der Waals surface area contributed by atoms with Crippen LogP contribution in [0.3, 0.4) is 0 Å². The number of ether oxygens (including phenoxy) is 4. The third kappa shape index (κ3) is 7.65. The molecule has 10 nitrogen and oxygen atoms in total. The van der Waals surface area contributed by atoms with E-state index in [4.69, 9.17) is 24.7 Å². The molecule has 0 spiro atoms. The fourth-order valence-electron chi connectivity index (χ4n) is 8.76. The van der Waals surface area contributed by atoms with Crippen molar-refractivity contribution < 1.29 is 28.5 Å². The van der Waals surface area contributed by atoms with Crippen LogP contribution >= 0.6 is 0 Å². The van der Waals surface area contributed by atoms with Gasteiger partial charge in [-0.3, -0.25) is 9.59 Å². The summed E-state index contributed by atoms with van der Waals surface area (Å²) in [6, 6.07) is 26.4. The van der Waals surface area contributed by atoms with Crippen LogP contribution in [-0.2, 0) is 50.6 Å². The molecular formula is C51H56N4O6. The number of Topliss-reactive ketones (excluding diaryl/α,β-unsaturated/α-hetero) is 2. The molecule has 2 aromatic heterocycles. The van der Waals surface area contributed by atoms with E-state index in [1.807, 2.05) is 48.5 Å². The maximum Gasteiger partial charge on any atom is 0.231 e. The van der Waals surface area contributed by atoms with Crippen molar-refractivity contribution in [3.8, 4) is 29.1 Å². The first-order chi connectivity index (χ1) is 28.6. The number of aromatic amines is 2. The quantitative estimate of drug-likeness (QED) is 0.130. The number of ketones is 2. The van der Waals surface area contributed by atoms with E-state index in [-0.39, 0.29) is 43.4 Å². The fraction of sp³-hybridized carbons (Fsp3) is 0.392.